The van der Waals surface area contributed by atoms with Crippen LogP contribution >= 0.6 is 23.6 Å². The molecule has 1 aromatic rings. The van der Waals surface area contributed by atoms with Gasteiger partial charge in [0.1, 0.15) is 6.61 Å². The molecular weight excluding hydrogens is 343 g/mol. The first-order valence-electron chi connectivity index (χ1n) is 5.55. The Morgan fingerprint density at radius 2 is 2.00 bits per heavy atom. The highest BCUT2D eigenvalue weighted by Crippen LogP contribution is 2.20. The Morgan fingerprint density at radius 1 is 1.48 bits per heavy atom. The second kappa shape index (κ2) is 8.50. The maximum Gasteiger partial charge on any atom is 0.339 e. The van der Waals surface area contributed by atoms with Crippen LogP contribution in [0.1, 0.15) is 24.2 Å². The van der Waals surface area contributed by atoms with Crippen molar-refractivity contribution in [3.63, 3.8) is 0 Å². The van der Waals surface area contributed by atoms with Crippen molar-refractivity contribution in [2.45, 2.75) is 19.4 Å². The van der Waals surface area contributed by atoms with Crippen molar-refractivity contribution in [1.82, 2.24) is 8.92 Å². The van der Waals surface area contributed by atoms with Crippen LogP contribution in [0.2, 0.25) is 0 Å². The van der Waals surface area contributed by atoms with Crippen molar-refractivity contribution < 1.29 is 22.5 Å². The molecule has 0 aromatic carbocycles. The fourth-order valence-corrected chi connectivity index (χ4v) is 0.955. The maximum absolute atomic E-state index is 11.5. The van der Waals surface area contributed by atoms with Gasteiger partial charge in [-0.1, -0.05) is 0 Å². The molecule has 10 heteroatoms. The summed E-state index contributed by atoms with van der Waals surface area (Å²) in [4.78, 5) is 15.4. The van der Waals surface area contributed by atoms with Crippen molar-refractivity contribution in [2.24, 2.45) is 0 Å². The van der Waals surface area contributed by atoms with E-state index in [0.717, 1.165) is 3.94 Å². The molecule has 0 amide bonds. The number of carbonyl (C=O) groups excluding carboxylic acids is 1. The number of nitrogens with zero attached hydrogens (tertiary/aromatic N) is 2. The van der Waals surface area contributed by atoms with Gasteiger partial charge in [-0.15, -0.1) is 3.94 Å². The predicted molar refractivity (Wildman–Crippen MR) is 79.6 cm³/mol. The minimum absolute atomic E-state index is 0.0910. The molecule has 1 aromatic heterocycles. The molecule has 1 N–H and O–H groups in total. The van der Waals surface area contributed by atoms with Crippen LogP contribution < -0.4 is 0 Å². The van der Waals surface area contributed by atoms with Gasteiger partial charge in [0.15, 0.2) is 0 Å². The highest BCUT2D eigenvalue weighted by molar-refractivity contribution is 7.85. The number of pyridine rings is 1. The molecular formula is C11H16Cl2N2O5S. The molecule has 0 saturated carbocycles. The van der Waals surface area contributed by atoms with Gasteiger partial charge in [0.05, 0.1) is 17.4 Å². The standard InChI is InChI=1S/C10H12Cl2N2O2.CH4O3S/c1-10(2,14(11)12)7-16-9(15)8-4-3-5-13-6-8;1-5(2,3)4/h3-6H,7H2,1-2H3;1H3,(H,2,3,4). The van der Waals surface area contributed by atoms with Crippen LogP contribution in [0, 0.1) is 0 Å². The quantitative estimate of drug-likeness (QED) is 0.500. The molecule has 0 spiro atoms. The number of aromatic nitrogens is 1. The Kier molecular flexibility index (Phi) is 8.12. The Balaban J connectivity index is 0.000000690. The number of rotatable bonds is 4. The van der Waals surface area contributed by atoms with E-state index in [0.29, 0.717) is 11.8 Å². The van der Waals surface area contributed by atoms with Crippen molar-refractivity contribution in [2.75, 3.05) is 12.9 Å². The molecule has 21 heavy (non-hydrogen) atoms. The minimum Gasteiger partial charge on any atom is -0.460 e. The van der Waals surface area contributed by atoms with Gasteiger partial charge in [0, 0.05) is 12.4 Å². The van der Waals surface area contributed by atoms with Gasteiger partial charge < -0.3 is 4.74 Å². The largest absolute Gasteiger partial charge is 0.460 e. The Morgan fingerprint density at radius 3 is 2.38 bits per heavy atom. The van der Waals surface area contributed by atoms with Gasteiger partial charge >= 0.3 is 5.97 Å². The second-order valence-electron chi connectivity index (χ2n) is 4.60. The number of hydrogen-bond donors (Lipinski definition) is 1. The van der Waals surface area contributed by atoms with E-state index >= 15 is 0 Å². The van der Waals surface area contributed by atoms with Gasteiger partial charge in [-0.25, -0.2) is 4.79 Å². The third-order valence-corrected chi connectivity index (χ3v) is 2.83. The van der Waals surface area contributed by atoms with Gasteiger partial charge in [0.25, 0.3) is 10.1 Å². The van der Waals surface area contributed by atoms with E-state index in [-0.39, 0.29) is 6.61 Å². The second-order valence-corrected chi connectivity index (χ2v) is 6.91. The first-order valence-corrected chi connectivity index (χ1v) is 8.07. The van der Waals surface area contributed by atoms with Crippen molar-refractivity contribution >= 4 is 39.6 Å². The van der Waals surface area contributed by atoms with Crippen LogP contribution in [-0.2, 0) is 14.9 Å². The topological polar surface area (TPSA) is 96.8 Å². The average Bonchev–Trinajstić information content (AvgIpc) is 2.35. The van der Waals surface area contributed by atoms with Crippen molar-refractivity contribution in [1.29, 1.82) is 0 Å². The normalized spacial score (nSPS) is 11.6. The summed E-state index contributed by atoms with van der Waals surface area (Å²) >= 11 is 11.2. The molecule has 0 atom stereocenters. The van der Waals surface area contributed by atoms with Crippen molar-refractivity contribution in [3.05, 3.63) is 30.1 Å². The summed E-state index contributed by atoms with van der Waals surface area (Å²) < 4.78 is 31.9. The van der Waals surface area contributed by atoms with Crippen LogP contribution in [0.3, 0.4) is 0 Å². The molecule has 0 aliphatic rings. The van der Waals surface area contributed by atoms with Gasteiger partial charge in [-0.2, -0.15) is 8.42 Å². The summed E-state index contributed by atoms with van der Waals surface area (Å²) in [5.74, 6) is -0.448. The molecule has 0 aliphatic heterocycles. The number of carbonyl (C=O) groups is 1. The van der Waals surface area contributed by atoms with E-state index < -0.39 is 21.6 Å². The Labute approximate surface area is 133 Å². The maximum atomic E-state index is 11.5. The van der Waals surface area contributed by atoms with Gasteiger partial charge in [-0.3, -0.25) is 9.54 Å². The molecule has 0 radical (unpaired) electrons. The summed E-state index contributed by atoms with van der Waals surface area (Å²) in [6.45, 7) is 3.60. The zero-order chi connectivity index (χ0) is 16.7. The monoisotopic (exact) mass is 358 g/mol. The molecule has 0 unspecified atom stereocenters. The van der Waals surface area contributed by atoms with E-state index in [1.165, 1.54) is 6.20 Å². The lowest BCUT2D eigenvalue weighted by Gasteiger charge is -2.26. The van der Waals surface area contributed by atoms with Gasteiger partial charge in [-0.05, 0) is 49.5 Å². The highest BCUT2D eigenvalue weighted by atomic mass is 35.5. The molecule has 0 saturated heterocycles. The predicted octanol–water partition coefficient (Wildman–Crippen LogP) is 2.13. The first kappa shape index (κ1) is 20.1. The van der Waals surface area contributed by atoms with Crippen LogP contribution in [0.4, 0.5) is 0 Å². The molecule has 0 aliphatic carbocycles. The molecule has 7 nitrogen and oxygen atoms in total. The fraction of sp³-hybridized carbons (Fsp3) is 0.455. The summed E-state index contributed by atoms with van der Waals surface area (Å²) in [6.07, 6.45) is 3.74. The zero-order valence-electron chi connectivity index (χ0n) is 11.7. The lowest BCUT2D eigenvalue weighted by molar-refractivity contribution is 0.0372. The van der Waals surface area contributed by atoms with Gasteiger partial charge in [0.2, 0.25) is 0 Å². The summed E-state index contributed by atoms with van der Waals surface area (Å²) in [5.41, 5.74) is -0.241. The third kappa shape index (κ3) is 10.4. The van der Waals surface area contributed by atoms with Crippen LogP contribution in [0.5, 0.6) is 0 Å². The lowest BCUT2D eigenvalue weighted by atomic mass is 10.1. The van der Waals surface area contributed by atoms with E-state index in [1.807, 2.05) is 0 Å². The number of ether oxygens (including phenoxy) is 1. The molecule has 1 rings (SSSR count). The Hall–Kier alpha value is -0.930. The van der Waals surface area contributed by atoms with E-state index in [4.69, 9.17) is 32.8 Å². The SMILES string of the molecule is CC(C)(COC(=O)c1cccnc1)N(Cl)Cl.CS(=O)(=O)O. The zero-order valence-corrected chi connectivity index (χ0v) is 14.0. The Bertz CT molecular complexity index is 541. The number of halogens is 2. The van der Waals surface area contributed by atoms with E-state index in [2.05, 4.69) is 4.98 Å². The summed E-state index contributed by atoms with van der Waals surface area (Å²) in [7, 11) is -3.67. The van der Waals surface area contributed by atoms with Crippen molar-refractivity contribution in [3.8, 4) is 0 Å². The van der Waals surface area contributed by atoms with E-state index in [9.17, 15) is 13.2 Å². The lowest BCUT2D eigenvalue weighted by Crippen LogP contribution is -2.37. The number of hydrogen-bond acceptors (Lipinski definition) is 6. The molecule has 0 bridgehead atoms. The number of esters is 1. The first-order chi connectivity index (χ1) is 9.43. The average molecular weight is 359 g/mol. The summed E-state index contributed by atoms with van der Waals surface area (Å²) in [6, 6.07) is 3.29. The van der Waals surface area contributed by atoms with Crippen LogP contribution in [0.25, 0.3) is 0 Å². The molecule has 120 valence electrons. The smallest absolute Gasteiger partial charge is 0.339 e. The third-order valence-electron chi connectivity index (χ3n) is 1.91. The van der Waals surface area contributed by atoms with Crippen LogP contribution in [-0.4, -0.2) is 46.3 Å². The van der Waals surface area contributed by atoms with E-state index in [1.54, 1.807) is 32.2 Å². The summed E-state index contributed by atoms with van der Waals surface area (Å²) in [5, 5.41) is 0. The molecule has 1 heterocycles. The van der Waals surface area contributed by atoms with Crippen LogP contribution in [0.15, 0.2) is 24.5 Å². The molecule has 0 fully saturated rings. The minimum atomic E-state index is -3.67. The fourth-order valence-electron chi connectivity index (χ4n) is 0.858. The highest BCUT2D eigenvalue weighted by Gasteiger charge is 2.26.